The van der Waals surface area contributed by atoms with E-state index >= 15 is 0 Å². The van der Waals surface area contributed by atoms with Gasteiger partial charge in [0.25, 0.3) is 0 Å². The molecule has 0 aliphatic carbocycles. The van der Waals surface area contributed by atoms with Gasteiger partial charge in [0.2, 0.25) is 0 Å². The molecule has 3 rings (SSSR count). The number of carbonyl (C=O) groups excluding carboxylic acids is 3. The maximum absolute atomic E-state index is 12.5. The van der Waals surface area contributed by atoms with Gasteiger partial charge in [-0.25, -0.2) is 14.4 Å². The zero-order chi connectivity index (χ0) is 25.1. The molecule has 0 radical (unpaired) electrons. The smallest absolute Gasteiger partial charge is 0.457 e. The lowest BCUT2D eigenvalue weighted by Gasteiger charge is -2.38. The number of rotatable bonds is 11. The van der Waals surface area contributed by atoms with Crippen LogP contribution >= 0.6 is 0 Å². The summed E-state index contributed by atoms with van der Waals surface area (Å²) in [6.07, 6.45) is 1.05. The lowest BCUT2D eigenvalue weighted by molar-refractivity contribution is -0.139. The third kappa shape index (κ3) is 8.08. The van der Waals surface area contributed by atoms with E-state index in [1.54, 1.807) is 55.5 Å². The maximum atomic E-state index is 12.5. The van der Waals surface area contributed by atoms with Crippen LogP contribution in [0, 0.1) is 5.41 Å². The Labute approximate surface area is 205 Å². The fraction of sp³-hybridized carbons (Fsp3) is 0.346. The van der Waals surface area contributed by atoms with E-state index in [-0.39, 0.29) is 33.0 Å². The molecule has 2 aromatic rings. The van der Waals surface area contributed by atoms with Crippen LogP contribution in [0.15, 0.2) is 72.8 Å². The SMILES string of the molecule is C=C(C)C(=O)OCCCB1OCC(COC(=O)c2ccccc2)(COC(=O)c2ccccc2)CO1. The largest absolute Gasteiger partial charge is 0.462 e. The molecule has 35 heavy (non-hydrogen) atoms. The molecule has 0 amide bonds. The molecule has 1 aliphatic heterocycles. The minimum atomic E-state index is -0.863. The van der Waals surface area contributed by atoms with Gasteiger partial charge in [0.15, 0.2) is 0 Å². The Balaban J connectivity index is 1.56. The first-order valence-corrected chi connectivity index (χ1v) is 11.4. The molecule has 0 spiro atoms. The van der Waals surface area contributed by atoms with E-state index in [0.29, 0.717) is 29.4 Å². The van der Waals surface area contributed by atoms with Crippen LogP contribution in [0.5, 0.6) is 0 Å². The normalized spacial score (nSPS) is 14.6. The van der Waals surface area contributed by atoms with Crippen LogP contribution in [0.1, 0.15) is 34.1 Å². The molecule has 8 nitrogen and oxygen atoms in total. The number of esters is 3. The van der Waals surface area contributed by atoms with Crippen molar-refractivity contribution in [1.29, 1.82) is 0 Å². The average molecular weight is 480 g/mol. The minimum Gasteiger partial charge on any atom is -0.462 e. The van der Waals surface area contributed by atoms with Crippen LogP contribution in [0.25, 0.3) is 0 Å². The molecule has 0 N–H and O–H groups in total. The number of benzene rings is 2. The summed E-state index contributed by atoms with van der Waals surface area (Å²) in [7, 11) is -0.513. The second-order valence-corrected chi connectivity index (χ2v) is 8.49. The summed E-state index contributed by atoms with van der Waals surface area (Å²) >= 11 is 0. The van der Waals surface area contributed by atoms with E-state index in [1.807, 2.05) is 12.1 Å². The highest BCUT2D eigenvalue weighted by Gasteiger charge is 2.41. The van der Waals surface area contributed by atoms with Crippen molar-refractivity contribution >= 4 is 25.0 Å². The van der Waals surface area contributed by atoms with Gasteiger partial charge in [-0.05, 0) is 43.9 Å². The van der Waals surface area contributed by atoms with Gasteiger partial charge in [0.1, 0.15) is 13.2 Å². The highest BCUT2D eigenvalue weighted by Crippen LogP contribution is 2.27. The monoisotopic (exact) mass is 480 g/mol. The quantitative estimate of drug-likeness (QED) is 0.158. The third-order valence-electron chi connectivity index (χ3n) is 5.35. The van der Waals surface area contributed by atoms with Crippen molar-refractivity contribution in [3.63, 3.8) is 0 Å². The topological polar surface area (TPSA) is 97.4 Å². The Bertz CT molecular complexity index is 943. The van der Waals surface area contributed by atoms with E-state index < -0.39 is 30.4 Å². The first kappa shape index (κ1) is 26.2. The molecule has 1 heterocycles. The number of carbonyl (C=O) groups is 3. The van der Waals surface area contributed by atoms with Crippen LogP contribution in [-0.2, 0) is 28.3 Å². The van der Waals surface area contributed by atoms with Crippen LogP contribution in [0.4, 0.5) is 0 Å². The van der Waals surface area contributed by atoms with Gasteiger partial charge >= 0.3 is 25.0 Å². The van der Waals surface area contributed by atoms with Gasteiger partial charge in [0, 0.05) is 18.8 Å². The summed E-state index contributed by atoms with van der Waals surface area (Å²) in [5.74, 6) is -1.41. The molecule has 0 atom stereocenters. The molecule has 0 aromatic heterocycles. The molecular weight excluding hydrogens is 451 g/mol. The van der Waals surface area contributed by atoms with E-state index in [4.69, 9.17) is 23.5 Å². The Hall–Kier alpha value is -3.43. The predicted octanol–water partition coefficient (Wildman–Crippen LogP) is 3.73. The van der Waals surface area contributed by atoms with E-state index in [9.17, 15) is 14.4 Å². The minimum absolute atomic E-state index is 0.0499. The van der Waals surface area contributed by atoms with Crippen LogP contribution in [0.2, 0.25) is 6.32 Å². The zero-order valence-electron chi connectivity index (χ0n) is 19.8. The van der Waals surface area contributed by atoms with E-state index in [1.165, 1.54) is 0 Å². The van der Waals surface area contributed by atoms with Crippen LogP contribution in [0.3, 0.4) is 0 Å². The van der Waals surface area contributed by atoms with Crippen molar-refractivity contribution in [2.24, 2.45) is 5.41 Å². The van der Waals surface area contributed by atoms with E-state index in [0.717, 1.165) is 0 Å². The van der Waals surface area contributed by atoms with Gasteiger partial charge in [-0.1, -0.05) is 43.0 Å². The highest BCUT2D eigenvalue weighted by molar-refractivity contribution is 6.44. The molecule has 9 heteroatoms. The van der Waals surface area contributed by atoms with Crippen molar-refractivity contribution in [3.05, 3.63) is 83.9 Å². The Morgan fingerprint density at radius 2 is 1.34 bits per heavy atom. The van der Waals surface area contributed by atoms with Crippen molar-refractivity contribution in [3.8, 4) is 0 Å². The van der Waals surface area contributed by atoms with Crippen LogP contribution in [-0.4, -0.2) is 58.1 Å². The number of ether oxygens (including phenoxy) is 3. The van der Waals surface area contributed by atoms with Gasteiger partial charge in [-0.2, -0.15) is 0 Å². The molecule has 0 saturated carbocycles. The summed E-state index contributed by atoms with van der Waals surface area (Å²) < 4.78 is 27.9. The molecule has 2 aromatic carbocycles. The zero-order valence-corrected chi connectivity index (χ0v) is 19.8. The first-order valence-electron chi connectivity index (χ1n) is 11.4. The summed E-state index contributed by atoms with van der Waals surface area (Å²) in [5.41, 5.74) is 0.320. The Morgan fingerprint density at radius 3 is 1.80 bits per heavy atom. The second kappa shape index (κ2) is 12.9. The molecule has 1 aliphatic rings. The number of hydrogen-bond donors (Lipinski definition) is 0. The summed E-state index contributed by atoms with van der Waals surface area (Å²) in [6, 6.07) is 17.3. The van der Waals surface area contributed by atoms with E-state index in [2.05, 4.69) is 6.58 Å². The lowest BCUT2D eigenvalue weighted by Crippen LogP contribution is -2.50. The van der Waals surface area contributed by atoms with Crippen molar-refractivity contribution < 1.29 is 37.9 Å². The number of hydrogen-bond acceptors (Lipinski definition) is 8. The van der Waals surface area contributed by atoms with Gasteiger partial charge in [-0.3, -0.25) is 0 Å². The van der Waals surface area contributed by atoms with Gasteiger partial charge in [-0.15, -0.1) is 0 Å². The van der Waals surface area contributed by atoms with Gasteiger partial charge in [0.05, 0.1) is 23.1 Å². The summed E-state index contributed by atoms with van der Waals surface area (Å²) in [5, 5.41) is 0. The molecule has 1 fully saturated rings. The fourth-order valence-corrected chi connectivity index (χ4v) is 3.29. The molecule has 184 valence electrons. The molecule has 0 bridgehead atoms. The van der Waals surface area contributed by atoms with Gasteiger partial charge < -0.3 is 23.5 Å². The first-order chi connectivity index (χ1) is 16.9. The average Bonchev–Trinajstić information content (AvgIpc) is 2.90. The van der Waals surface area contributed by atoms with Crippen molar-refractivity contribution in [1.82, 2.24) is 0 Å². The molecule has 0 unspecified atom stereocenters. The predicted molar refractivity (Wildman–Crippen MR) is 129 cm³/mol. The maximum Gasteiger partial charge on any atom is 0.457 e. The second-order valence-electron chi connectivity index (χ2n) is 8.49. The van der Waals surface area contributed by atoms with Crippen molar-refractivity contribution in [2.45, 2.75) is 19.7 Å². The third-order valence-corrected chi connectivity index (χ3v) is 5.35. The summed E-state index contributed by atoms with van der Waals surface area (Å²) in [4.78, 5) is 36.4. The van der Waals surface area contributed by atoms with Crippen molar-refractivity contribution in [2.75, 3.05) is 33.0 Å². The fourth-order valence-electron chi connectivity index (χ4n) is 3.29. The van der Waals surface area contributed by atoms with Crippen LogP contribution < -0.4 is 0 Å². The molecular formula is C26H29BO8. The standard InChI is InChI=1S/C26H29BO8/c1-20(2)23(28)31-15-9-14-27-34-18-26(19-35-27,16-32-24(29)21-10-5-3-6-11-21)17-33-25(30)22-12-7-4-8-13-22/h3-8,10-13H,1,9,14-19H2,2H3. The lowest BCUT2D eigenvalue weighted by atomic mass is 9.78. The summed E-state index contributed by atoms with van der Waals surface area (Å²) in [6.45, 7) is 5.58. The molecule has 1 saturated heterocycles. The Morgan fingerprint density at radius 1 is 0.857 bits per heavy atom. The Kier molecular flexibility index (Phi) is 9.63. The highest BCUT2D eigenvalue weighted by atomic mass is 16.6.